The van der Waals surface area contributed by atoms with Gasteiger partial charge in [-0.15, -0.1) is 0 Å². The lowest BCUT2D eigenvalue weighted by molar-refractivity contribution is 0.627. The van der Waals surface area contributed by atoms with Crippen LogP contribution in [0.2, 0.25) is 0 Å². The number of rotatable bonds is 3. The maximum absolute atomic E-state index is 4.06. The SMILES string of the molecule is C=S(C)C(C)(C)CCC. The molecule has 0 nitrogen and oxygen atoms in total. The van der Waals surface area contributed by atoms with Crippen molar-refractivity contribution < 1.29 is 0 Å². The maximum Gasteiger partial charge on any atom is 0.00456 e. The van der Waals surface area contributed by atoms with Gasteiger partial charge in [-0.05, 0) is 12.7 Å². The molecule has 1 atom stereocenters. The first kappa shape index (κ1) is 9.22. The van der Waals surface area contributed by atoms with Crippen LogP contribution in [-0.4, -0.2) is 16.9 Å². The highest BCUT2D eigenvalue weighted by atomic mass is 32.2. The molecule has 0 saturated heterocycles. The third-order valence-electron chi connectivity index (χ3n) is 1.80. The van der Waals surface area contributed by atoms with Crippen LogP contribution >= 0.6 is 10.5 Å². The van der Waals surface area contributed by atoms with E-state index >= 15 is 0 Å². The Morgan fingerprint density at radius 2 is 1.89 bits per heavy atom. The molecule has 0 N–H and O–H groups in total. The Labute approximate surface area is 61.6 Å². The molecule has 0 aromatic carbocycles. The van der Waals surface area contributed by atoms with Crippen LogP contribution in [0.5, 0.6) is 0 Å². The molecule has 0 spiro atoms. The van der Waals surface area contributed by atoms with Gasteiger partial charge in [-0.2, -0.15) is 10.5 Å². The monoisotopic (exact) mass is 146 g/mol. The van der Waals surface area contributed by atoms with E-state index in [1.165, 1.54) is 12.8 Å². The lowest BCUT2D eigenvalue weighted by atomic mass is 10.1. The molecular formula is C8H18S. The van der Waals surface area contributed by atoms with Gasteiger partial charge in [0.2, 0.25) is 0 Å². The molecule has 56 valence electrons. The first-order valence-corrected chi connectivity index (χ1v) is 5.26. The molecular weight excluding hydrogens is 128 g/mol. The third kappa shape index (κ3) is 3.04. The van der Waals surface area contributed by atoms with Crippen molar-refractivity contribution in [2.45, 2.75) is 38.4 Å². The van der Waals surface area contributed by atoms with Crippen molar-refractivity contribution in [1.29, 1.82) is 0 Å². The second-order valence-electron chi connectivity index (χ2n) is 3.15. The molecule has 0 saturated carbocycles. The van der Waals surface area contributed by atoms with Crippen molar-refractivity contribution in [2.24, 2.45) is 0 Å². The van der Waals surface area contributed by atoms with Gasteiger partial charge >= 0.3 is 0 Å². The lowest BCUT2D eigenvalue weighted by Gasteiger charge is -2.25. The summed E-state index contributed by atoms with van der Waals surface area (Å²) in [4.78, 5) is 0. The zero-order valence-corrected chi connectivity index (χ0v) is 7.85. The van der Waals surface area contributed by atoms with E-state index in [2.05, 4.69) is 32.9 Å². The Kier molecular flexibility index (Phi) is 3.49. The topological polar surface area (TPSA) is 0 Å². The van der Waals surface area contributed by atoms with E-state index < -0.39 is 0 Å². The van der Waals surface area contributed by atoms with Gasteiger partial charge in [0, 0.05) is 4.75 Å². The van der Waals surface area contributed by atoms with Crippen molar-refractivity contribution in [3.05, 3.63) is 0 Å². The van der Waals surface area contributed by atoms with Crippen LogP contribution < -0.4 is 0 Å². The number of hydrogen-bond donors (Lipinski definition) is 0. The summed E-state index contributed by atoms with van der Waals surface area (Å²) >= 11 is 0. The predicted molar refractivity (Wildman–Crippen MR) is 49.6 cm³/mol. The van der Waals surface area contributed by atoms with Crippen molar-refractivity contribution >= 4 is 16.4 Å². The highest BCUT2D eigenvalue weighted by Crippen LogP contribution is 2.31. The van der Waals surface area contributed by atoms with E-state index in [0.29, 0.717) is 15.2 Å². The fourth-order valence-corrected chi connectivity index (χ4v) is 1.33. The molecule has 1 heteroatoms. The average Bonchev–Trinajstić information content (AvgIpc) is 1.65. The van der Waals surface area contributed by atoms with Crippen LogP contribution in [0.25, 0.3) is 0 Å². The molecule has 0 aromatic rings. The van der Waals surface area contributed by atoms with E-state index in [9.17, 15) is 0 Å². The van der Waals surface area contributed by atoms with Crippen molar-refractivity contribution in [1.82, 2.24) is 0 Å². The van der Waals surface area contributed by atoms with Gasteiger partial charge in [-0.3, -0.25) is 0 Å². The fourth-order valence-electron chi connectivity index (χ4n) is 0.776. The second kappa shape index (κ2) is 3.40. The highest BCUT2D eigenvalue weighted by Gasteiger charge is 2.15. The van der Waals surface area contributed by atoms with Gasteiger partial charge in [0.25, 0.3) is 0 Å². The maximum atomic E-state index is 4.06. The standard InChI is InChI=1S/C8H18S/c1-6-7-8(2,3)9(4)5/h4,6-7H2,1-3,5H3. The summed E-state index contributed by atoms with van der Waals surface area (Å²) in [6.45, 7) is 6.83. The minimum atomic E-state index is 0.324. The molecule has 0 bridgehead atoms. The zero-order chi connectivity index (χ0) is 7.49. The molecule has 0 amide bonds. The smallest absolute Gasteiger partial charge is 0.00456 e. The molecule has 0 aromatic heterocycles. The molecule has 0 aliphatic heterocycles. The minimum Gasteiger partial charge on any atom is -0.191 e. The van der Waals surface area contributed by atoms with E-state index in [-0.39, 0.29) is 0 Å². The van der Waals surface area contributed by atoms with Crippen LogP contribution in [0.4, 0.5) is 0 Å². The average molecular weight is 146 g/mol. The summed E-state index contributed by atoms with van der Waals surface area (Å²) in [5.74, 6) is 4.06. The van der Waals surface area contributed by atoms with Gasteiger partial charge < -0.3 is 0 Å². The normalized spacial score (nSPS) is 15.6. The summed E-state index contributed by atoms with van der Waals surface area (Å²) in [5.41, 5.74) is 0. The Morgan fingerprint density at radius 3 is 2.00 bits per heavy atom. The van der Waals surface area contributed by atoms with Crippen LogP contribution in [-0.2, 0) is 0 Å². The Morgan fingerprint density at radius 1 is 1.44 bits per heavy atom. The molecule has 9 heavy (non-hydrogen) atoms. The highest BCUT2D eigenvalue weighted by molar-refractivity contribution is 8.14. The predicted octanol–water partition coefficient (Wildman–Crippen LogP) is 2.90. The van der Waals surface area contributed by atoms with Gasteiger partial charge in [0.15, 0.2) is 0 Å². The van der Waals surface area contributed by atoms with Gasteiger partial charge in [-0.1, -0.05) is 33.1 Å². The number of hydrogen-bond acceptors (Lipinski definition) is 0. The van der Waals surface area contributed by atoms with Crippen molar-refractivity contribution in [3.8, 4) is 0 Å². The summed E-state index contributed by atoms with van der Waals surface area (Å²) in [7, 11) is 0.324. The second-order valence-corrected chi connectivity index (χ2v) is 5.53. The van der Waals surface area contributed by atoms with Crippen LogP contribution in [0.1, 0.15) is 33.6 Å². The largest absolute Gasteiger partial charge is 0.191 e. The fraction of sp³-hybridized carbons (Fsp3) is 0.875. The zero-order valence-electron chi connectivity index (χ0n) is 7.03. The molecule has 1 unspecified atom stereocenters. The first-order valence-electron chi connectivity index (χ1n) is 3.46. The molecule has 0 heterocycles. The third-order valence-corrected chi connectivity index (χ3v) is 3.89. The van der Waals surface area contributed by atoms with Crippen molar-refractivity contribution in [2.75, 3.05) is 6.26 Å². The van der Waals surface area contributed by atoms with Gasteiger partial charge in [0.05, 0.1) is 0 Å². The van der Waals surface area contributed by atoms with E-state index in [4.69, 9.17) is 0 Å². The van der Waals surface area contributed by atoms with Gasteiger partial charge in [-0.25, -0.2) is 0 Å². The molecule has 0 aliphatic carbocycles. The summed E-state index contributed by atoms with van der Waals surface area (Å²) in [6, 6.07) is 0. The van der Waals surface area contributed by atoms with E-state index in [1.54, 1.807) is 0 Å². The first-order chi connectivity index (χ1) is 4.00. The summed E-state index contributed by atoms with van der Waals surface area (Å²) < 4.78 is 0.467. The van der Waals surface area contributed by atoms with E-state index in [1.807, 2.05) is 0 Å². The van der Waals surface area contributed by atoms with Crippen LogP contribution in [0.3, 0.4) is 0 Å². The van der Waals surface area contributed by atoms with Crippen molar-refractivity contribution in [3.63, 3.8) is 0 Å². The quantitative estimate of drug-likeness (QED) is 0.537. The Balaban J connectivity index is 3.85. The molecule has 0 rings (SSSR count). The molecule has 0 aliphatic rings. The molecule has 0 radical (unpaired) electrons. The minimum absolute atomic E-state index is 0.324. The summed E-state index contributed by atoms with van der Waals surface area (Å²) in [6.07, 6.45) is 4.80. The molecule has 0 fully saturated rings. The Bertz CT molecular complexity index is 103. The summed E-state index contributed by atoms with van der Waals surface area (Å²) in [5, 5.41) is 0. The van der Waals surface area contributed by atoms with Gasteiger partial charge in [0.1, 0.15) is 0 Å². The van der Waals surface area contributed by atoms with Crippen LogP contribution in [0.15, 0.2) is 0 Å². The lowest BCUT2D eigenvalue weighted by Crippen LogP contribution is -2.15. The van der Waals surface area contributed by atoms with E-state index in [0.717, 1.165) is 0 Å². The Hall–Kier alpha value is 0.220. The van der Waals surface area contributed by atoms with Crippen LogP contribution in [0, 0.1) is 0 Å².